The summed E-state index contributed by atoms with van der Waals surface area (Å²) in [4.78, 5) is 24.6. The standard InChI is InChI=1S/C14H13FN2O5/c1-21-8-3-7(4-9(5-8)22-2)16-12-10(14(19)20)6-11(15)13(18)17-12/h3-6H,1-2H3,(H,19,20)(H2,16,17,18). The highest BCUT2D eigenvalue weighted by Gasteiger charge is 2.15. The van der Waals surface area contributed by atoms with Crippen LogP contribution in [0, 0.1) is 5.82 Å². The van der Waals surface area contributed by atoms with Crippen LogP contribution in [0.25, 0.3) is 0 Å². The zero-order valence-corrected chi connectivity index (χ0v) is 11.8. The zero-order chi connectivity index (χ0) is 16.3. The predicted molar refractivity (Wildman–Crippen MR) is 76.8 cm³/mol. The first-order valence-electron chi connectivity index (χ1n) is 6.10. The van der Waals surface area contributed by atoms with E-state index in [1.54, 1.807) is 18.2 Å². The van der Waals surface area contributed by atoms with Crippen LogP contribution >= 0.6 is 0 Å². The molecule has 0 aliphatic heterocycles. The lowest BCUT2D eigenvalue weighted by atomic mass is 10.2. The summed E-state index contributed by atoms with van der Waals surface area (Å²) in [5, 5.41) is 11.8. The summed E-state index contributed by atoms with van der Waals surface area (Å²) < 4.78 is 23.4. The number of H-pyrrole nitrogens is 1. The van der Waals surface area contributed by atoms with Gasteiger partial charge in [0.2, 0.25) is 0 Å². The van der Waals surface area contributed by atoms with Gasteiger partial charge < -0.3 is 24.9 Å². The van der Waals surface area contributed by atoms with Crippen LogP contribution in [0.4, 0.5) is 15.9 Å². The van der Waals surface area contributed by atoms with Crippen molar-refractivity contribution in [2.45, 2.75) is 0 Å². The van der Waals surface area contributed by atoms with Gasteiger partial charge >= 0.3 is 5.97 Å². The molecule has 0 unspecified atom stereocenters. The van der Waals surface area contributed by atoms with E-state index in [1.807, 2.05) is 0 Å². The van der Waals surface area contributed by atoms with Gasteiger partial charge in [0.05, 0.1) is 14.2 Å². The molecule has 0 bridgehead atoms. The van der Waals surface area contributed by atoms with Crippen molar-refractivity contribution in [1.82, 2.24) is 4.98 Å². The maximum Gasteiger partial charge on any atom is 0.339 e. The number of benzene rings is 1. The SMILES string of the molecule is COc1cc(Nc2[nH]c(=O)c(F)cc2C(=O)O)cc(OC)c1. The molecule has 2 rings (SSSR count). The summed E-state index contributed by atoms with van der Waals surface area (Å²) in [6.07, 6.45) is 0. The Labute approximate surface area is 124 Å². The second-order valence-corrected chi connectivity index (χ2v) is 4.27. The Morgan fingerprint density at radius 2 is 1.77 bits per heavy atom. The fraction of sp³-hybridized carbons (Fsp3) is 0.143. The van der Waals surface area contributed by atoms with Gasteiger partial charge in [-0.3, -0.25) is 4.79 Å². The Hall–Kier alpha value is -3.03. The molecule has 7 nitrogen and oxygen atoms in total. The number of halogens is 1. The Balaban J connectivity index is 2.48. The molecule has 1 aromatic heterocycles. The average Bonchev–Trinajstić information content (AvgIpc) is 2.49. The second kappa shape index (κ2) is 6.17. The van der Waals surface area contributed by atoms with Gasteiger partial charge in [-0.05, 0) is 6.07 Å². The molecule has 0 radical (unpaired) electrons. The lowest BCUT2D eigenvalue weighted by Gasteiger charge is -2.12. The fourth-order valence-corrected chi connectivity index (χ4v) is 1.80. The molecule has 22 heavy (non-hydrogen) atoms. The van der Waals surface area contributed by atoms with E-state index in [-0.39, 0.29) is 5.82 Å². The number of hydrogen-bond donors (Lipinski definition) is 3. The predicted octanol–water partition coefficient (Wildman–Crippen LogP) is 1.97. The van der Waals surface area contributed by atoms with E-state index in [2.05, 4.69) is 10.3 Å². The summed E-state index contributed by atoms with van der Waals surface area (Å²) in [7, 11) is 2.92. The van der Waals surface area contributed by atoms with Gasteiger partial charge in [-0.15, -0.1) is 0 Å². The monoisotopic (exact) mass is 308 g/mol. The number of carboxylic acid groups (broad SMARTS) is 1. The number of hydrogen-bond acceptors (Lipinski definition) is 5. The van der Waals surface area contributed by atoms with Gasteiger partial charge in [0.25, 0.3) is 5.56 Å². The van der Waals surface area contributed by atoms with Crippen molar-refractivity contribution in [3.05, 3.63) is 46.0 Å². The fourth-order valence-electron chi connectivity index (χ4n) is 1.80. The van der Waals surface area contributed by atoms with Crippen LogP contribution in [0.15, 0.2) is 29.1 Å². The summed E-state index contributed by atoms with van der Waals surface area (Å²) in [5.74, 6) is -1.78. The van der Waals surface area contributed by atoms with Gasteiger partial charge in [-0.25, -0.2) is 9.18 Å². The molecular weight excluding hydrogens is 295 g/mol. The van der Waals surface area contributed by atoms with Gasteiger partial charge in [-0.1, -0.05) is 0 Å². The highest BCUT2D eigenvalue weighted by molar-refractivity contribution is 5.94. The third-order valence-electron chi connectivity index (χ3n) is 2.85. The summed E-state index contributed by atoms with van der Waals surface area (Å²) in [6, 6.07) is 5.41. The molecule has 0 saturated heterocycles. The normalized spacial score (nSPS) is 10.1. The van der Waals surface area contributed by atoms with Crippen LogP contribution in [0.1, 0.15) is 10.4 Å². The molecule has 0 saturated carbocycles. The zero-order valence-electron chi connectivity index (χ0n) is 11.8. The highest BCUT2D eigenvalue weighted by atomic mass is 19.1. The number of carbonyl (C=O) groups is 1. The molecule has 3 N–H and O–H groups in total. The number of methoxy groups -OCH3 is 2. The minimum atomic E-state index is -1.38. The number of carboxylic acids is 1. The Morgan fingerprint density at radius 1 is 1.18 bits per heavy atom. The van der Waals surface area contributed by atoms with Crippen molar-refractivity contribution in [2.75, 3.05) is 19.5 Å². The van der Waals surface area contributed by atoms with Crippen molar-refractivity contribution in [2.24, 2.45) is 0 Å². The van der Waals surface area contributed by atoms with Crippen molar-refractivity contribution >= 4 is 17.5 Å². The molecule has 116 valence electrons. The molecule has 0 aliphatic rings. The number of ether oxygens (including phenoxy) is 2. The average molecular weight is 308 g/mol. The largest absolute Gasteiger partial charge is 0.497 e. The van der Waals surface area contributed by atoms with E-state index in [4.69, 9.17) is 14.6 Å². The maximum atomic E-state index is 13.2. The lowest BCUT2D eigenvalue weighted by Crippen LogP contribution is -2.17. The molecule has 0 fully saturated rings. The molecule has 0 amide bonds. The van der Waals surface area contributed by atoms with Crippen LogP contribution in [-0.4, -0.2) is 30.3 Å². The molecule has 0 aliphatic carbocycles. The molecular formula is C14H13FN2O5. The van der Waals surface area contributed by atoms with Crippen LogP contribution in [-0.2, 0) is 0 Å². The van der Waals surface area contributed by atoms with Gasteiger partial charge in [0, 0.05) is 23.9 Å². The number of pyridine rings is 1. The van der Waals surface area contributed by atoms with Crippen LogP contribution in [0.3, 0.4) is 0 Å². The smallest absolute Gasteiger partial charge is 0.339 e. The minimum Gasteiger partial charge on any atom is -0.497 e. The Bertz CT molecular complexity index is 750. The summed E-state index contributed by atoms with van der Waals surface area (Å²) in [5.41, 5.74) is -1.03. The first-order valence-corrected chi connectivity index (χ1v) is 6.10. The van der Waals surface area contributed by atoms with Gasteiger partial charge in [0.1, 0.15) is 22.9 Å². The first kappa shape index (κ1) is 15.4. The van der Waals surface area contributed by atoms with E-state index in [9.17, 15) is 14.0 Å². The number of rotatable bonds is 5. The summed E-state index contributed by atoms with van der Waals surface area (Å²) in [6.45, 7) is 0. The highest BCUT2D eigenvalue weighted by Crippen LogP contribution is 2.28. The molecule has 1 heterocycles. The first-order chi connectivity index (χ1) is 10.4. The van der Waals surface area contributed by atoms with Crippen molar-refractivity contribution in [3.63, 3.8) is 0 Å². The number of aromatic carboxylic acids is 1. The van der Waals surface area contributed by atoms with E-state index in [0.717, 1.165) is 0 Å². The van der Waals surface area contributed by atoms with E-state index >= 15 is 0 Å². The topological polar surface area (TPSA) is 101 Å². The molecule has 2 aromatic rings. The number of aromatic nitrogens is 1. The number of aromatic amines is 1. The quantitative estimate of drug-likeness (QED) is 0.781. The maximum absolute atomic E-state index is 13.2. The van der Waals surface area contributed by atoms with Crippen molar-refractivity contribution < 1.29 is 23.8 Å². The van der Waals surface area contributed by atoms with Crippen LogP contribution < -0.4 is 20.3 Å². The molecule has 1 aromatic carbocycles. The van der Waals surface area contributed by atoms with Gasteiger partial charge in [-0.2, -0.15) is 0 Å². The summed E-state index contributed by atoms with van der Waals surface area (Å²) >= 11 is 0. The Morgan fingerprint density at radius 3 is 2.27 bits per heavy atom. The third kappa shape index (κ3) is 3.17. The van der Waals surface area contributed by atoms with Gasteiger partial charge in [0.15, 0.2) is 5.82 Å². The number of nitrogens with one attached hydrogen (secondary N) is 2. The van der Waals surface area contributed by atoms with E-state index in [1.165, 1.54) is 14.2 Å². The third-order valence-corrected chi connectivity index (χ3v) is 2.85. The molecule has 8 heteroatoms. The van der Waals surface area contributed by atoms with E-state index in [0.29, 0.717) is 23.3 Å². The Kier molecular flexibility index (Phi) is 4.31. The number of anilines is 2. The van der Waals surface area contributed by atoms with Crippen LogP contribution in [0.5, 0.6) is 11.5 Å². The lowest BCUT2D eigenvalue weighted by molar-refractivity contribution is 0.0697. The molecule has 0 atom stereocenters. The van der Waals surface area contributed by atoms with E-state index < -0.39 is 22.9 Å². The van der Waals surface area contributed by atoms with Crippen molar-refractivity contribution in [1.29, 1.82) is 0 Å². The minimum absolute atomic E-state index is 0.144. The second-order valence-electron chi connectivity index (χ2n) is 4.27. The van der Waals surface area contributed by atoms with Crippen molar-refractivity contribution in [3.8, 4) is 11.5 Å². The molecule has 0 spiro atoms. The van der Waals surface area contributed by atoms with Crippen LogP contribution in [0.2, 0.25) is 0 Å².